The molecular formula is C18H24N2O4. The first-order valence-electron chi connectivity index (χ1n) is 8.24. The molecule has 1 aromatic carbocycles. The van der Waals surface area contributed by atoms with Gasteiger partial charge in [-0.15, -0.1) is 0 Å². The summed E-state index contributed by atoms with van der Waals surface area (Å²) in [7, 11) is 0. The lowest BCUT2D eigenvalue weighted by atomic mass is 10.1. The van der Waals surface area contributed by atoms with Crippen LogP contribution in [0.5, 0.6) is 0 Å². The summed E-state index contributed by atoms with van der Waals surface area (Å²) in [6.07, 6.45) is 1.26. The predicted octanol–water partition coefficient (Wildman–Crippen LogP) is 1.86. The first-order valence-corrected chi connectivity index (χ1v) is 8.24. The van der Waals surface area contributed by atoms with Gasteiger partial charge in [-0.25, -0.2) is 0 Å². The number of carbonyl (C=O) groups is 3. The van der Waals surface area contributed by atoms with Crippen LogP contribution >= 0.6 is 0 Å². The van der Waals surface area contributed by atoms with Crippen LogP contribution in [0.4, 0.5) is 0 Å². The molecule has 2 rings (SSSR count). The van der Waals surface area contributed by atoms with Gasteiger partial charge in [0.25, 0.3) is 0 Å². The van der Waals surface area contributed by atoms with Crippen LogP contribution in [-0.2, 0) is 20.9 Å². The van der Waals surface area contributed by atoms with Gasteiger partial charge in [0, 0.05) is 25.4 Å². The minimum absolute atomic E-state index is 0.0120. The molecule has 1 heterocycles. The van der Waals surface area contributed by atoms with Gasteiger partial charge in [-0.2, -0.15) is 0 Å². The Hall–Kier alpha value is -2.37. The van der Waals surface area contributed by atoms with Crippen molar-refractivity contribution in [1.82, 2.24) is 10.2 Å². The van der Waals surface area contributed by atoms with E-state index in [-0.39, 0.29) is 24.3 Å². The molecule has 0 radical (unpaired) electrons. The first kappa shape index (κ1) is 18.0. The van der Waals surface area contributed by atoms with Crippen LogP contribution in [0.15, 0.2) is 24.3 Å². The van der Waals surface area contributed by atoms with Crippen molar-refractivity contribution in [2.24, 2.45) is 0 Å². The zero-order valence-corrected chi connectivity index (χ0v) is 14.1. The highest BCUT2D eigenvalue weighted by Gasteiger charge is 2.36. The van der Waals surface area contributed by atoms with E-state index < -0.39 is 12.0 Å². The zero-order valence-electron chi connectivity index (χ0n) is 14.1. The number of carboxylic acid groups (broad SMARTS) is 1. The second-order valence-electron chi connectivity index (χ2n) is 6.40. The fourth-order valence-electron chi connectivity index (χ4n) is 2.85. The summed E-state index contributed by atoms with van der Waals surface area (Å²) < 4.78 is 0. The van der Waals surface area contributed by atoms with E-state index in [2.05, 4.69) is 5.32 Å². The average molecular weight is 332 g/mol. The molecule has 6 heteroatoms. The van der Waals surface area contributed by atoms with Gasteiger partial charge in [-0.05, 0) is 32.3 Å². The number of hydrogen-bond donors (Lipinski definition) is 2. The van der Waals surface area contributed by atoms with Crippen molar-refractivity contribution in [1.29, 1.82) is 0 Å². The topological polar surface area (TPSA) is 86.7 Å². The molecule has 2 N–H and O–H groups in total. The van der Waals surface area contributed by atoms with Crippen molar-refractivity contribution in [2.45, 2.75) is 58.2 Å². The maximum atomic E-state index is 12.4. The molecule has 0 aliphatic carbocycles. The van der Waals surface area contributed by atoms with Gasteiger partial charge in [-0.3, -0.25) is 14.4 Å². The van der Waals surface area contributed by atoms with Gasteiger partial charge in [0.15, 0.2) is 0 Å². The lowest BCUT2D eigenvalue weighted by Gasteiger charge is -2.25. The minimum atomic E-state index is -0.881. The molecule has 24 heavy (non-hydrogen) atoms. The summed E-state index contributed by atoms with van der Waals surface area (Å²) in [5.41, 5.74) is 2.14. The summed E-state index contributed by atoms with van der Waals surface area (Å²) in [6.45, 7) is 4.20. The zero-order chi connectivity index (χ0) is 17.7. The Morgan fingerprint density at radius 3 is 2.62 bits per heavy atom. The third kappa shape index (κ3) is 4.81. The smallest absolute Gasteiger partial charge is 0.303 e. The van der Waals surface area contributed by atoms with E-state index in [4.69, 9.17) is 5.11 Å². The number of amides is 2. The number of nitrogens with one attached hydrogen (secondary N) is 1. The third-order valence-corrected chi connectivity index (χ3v) is 4.28. The monoisotopic (exact) mass is 332 g/mol. The summed E-state index contributed by atoms with van der Waals surface area (Å²) in [4.78, 5) is 36.8. The van der Waals surface area contributed by atoms with Gasteiger partial charge in [0.2, 0.25) is 11.8 Å². The molecule has 6 nitrogen and oxygen atoms in total. The number of carbonyl (C=O) groups excluding carboxylic acids is 2. The summed E-state index contributed by atoms with van der Waals surface area (Å²) in [5.74, 6) is -1.10. The van der Waals surface area contributed by atoms with E-state index >= 15 is 0 Å². The minimum Gasteiger partial charge on any atom is -0.481 e. The lowest BCUT2D eigenvalue weighted by molar-refractivity contribution is -0.137. The molecule has 2 amide bonds. The number of carboxylic acids is 1. The highest BCUT2D eigenvalue weighted by atomic mass is 16.4. The van der Waals surface area contributed by atoms with Crippen molar-refractivity contribution in [2.75, 3.05) is 0 Å². The average Bonchev–Trinajstić information content (AvgIpc) is 2.88. The molecular weight excluding hydrogens is 308 g/mol. The van der Waals surface area contributed by atoms with E-state index in [0.29, 0.717) is 25.8 Å². The van der Waals surface area contributed by atoms with Crippen LogP contribution < -0.4 is 5.32 Å². The number of benzene rings is 1. The Balaban J connectivity index is 1.97. The number of rotatable bonds is 7. The second kappa shape index (κ2) is 7.95. The fraction of sp³-hybridized carbons (Fsp3) is 0.500. The van der Waals surface area contributed by atoms with Crippen molar-refractivity contribution in [3.05, 3.63) is 35.4 Å². The van der Waals surface area contributed by atoms with E-state index in [9.17, 15) is 14.4 Å². The summed E-state index contributed by atoms with van der Waals surface area (Å²) in [5, 5.41) is 11.5. The highest BCUT2D eigenvalue weighted by Crippen LogP contribution is 2.22. The largest absolute Gasteiger partial charge is 0.481 e. The molecule has 130 valence electrons. The van der Waals surface area contributed by atoms with Crippen LogP contribution in [0.1, 0.15) is 43.7 Å². The Labute approximate surface area is 141 Å². The molecule has 1 aromatic rings. The Kier molecular flexibility index (Phi) is 5.95. The van der Waals surface area contributed by atoms with Gasteiger partial charge in [0.05, 0.1) is 0 Å². The van der Waals surface area contributed by atoms with Crippen LogP contribution in [0.2, 0.25) is 0 Å². The maximum absolute atomic E-state index is 12.4. The Bertz CT molecular complexity index is 612. The standard InChI is InChI=1S/C18H24N2O4/c1-12-3-6-14(7-4-12)11-20-15(8-9-16(20)21)18(24)19-13(2)5-10-17(22)23/h3-4,6-7,13,15H,5,8-11H2,1-2H3,(H,19,24)(H,22,23). The van der Waals surface area contributed by atoms with Gasteiger partial charge >= 0.3 is 5.97 Å². The van der Waals surface area contributed by atoms with Crippen LogP contribution in [0.3, 0.4) is 0 Å². The van der Waals surface area contributed by atoms with Crippen LogP contribution in [-0.4, -0.2) is 39.9 Å². The van der Waals surface area contributed by atoms with Gasteiger partial charge < -0.3 is 15.3 Å². The number of hydrogen-bond acceptors (Lipinski definition) is 3. The normalized spacial score (nSPS) is 18.5. The lowest BCUT2D eigenvalue weighted by Crippen LogP contribution is -2.47. The quantitative estimate of drug-likeness (QED) is 0.798. The predicted molar refractivity (Wildman–Crippen MR) is 89.2 cm³/mol. The number of nitrogens with zero attached hydrogens (tertiary/aromatic N) is 1. The molecule has 0 saturated carbocycles. The van der Waals surface area contributed by atoms with Crippen LogP contribution in [0, 0.1) is 6.92 Å². The number of aryl methyl sites for hydroxylation is 1. The number of likely N-dealkylation sites (tertiary alicyclic amines) is 1. The van der Waals surface area contributed by atoms with Crippen molar-refractivity contribution in [3.63, 3.8) is 0 Å². The Morgan fingerprint density at radius 1 is 1.33 bits per heavy atom. The maximum Gasteiger partial charge on any atom is 0.303 e. The molecule has 0 bridgehead atoms. The molecule has 0 spiro atoms. The molecule has 1 aliphatic rings. The number of aliphatic carboxylic acids is 1. The third-order valence-electron chi connectivity index (χ3n) is 4.28. The second-order valence-corrected chi connectivity index (χ2v) is 6.40. The van der Waals surface area contributed by atoms with Gasteiger partial charge in [-0.1, -0.05) is 29.8 Å². The molecule has 1 fully saturated rings. The first-order chi connectivity index (χ1) is 11.4. The van der Waals surface area contributed by atoms with E-state index in [1.54, 1.807) is 11.8 Å². The molecule has 2 atom stereocenters. The fourth-order valence-corrected chi connectivity index (χ4v) is 2.85. The molecule has 0 aromatic heterocycles. The van der Waals surface area contributed by atoms with Crippen LogP contribution in [0.25, 0.3) is 0 Å². The molecule has 2 unspecified atom stereocenters. The van der Waals surface area contributed by atoms with E-state index in [1.807, 2.05) is 31.2 Å². The van der Waals surface area contributed by atoms with E-state index in [1.165, 1.54) is 0 Å². The van der Waals surface area contributed by atoms with Crippen molar-refractivity contribution < 1.29 is 19.5 Å². The SMILES string of the molecule is Cc1ccc(CN2C(=O)CCC2C(=O)NC(C)CCC(=O)O)cc1. The highest BCUT2D eigenvalue weighted by molar-refractivity contribution is 5.91. The van der Waals surface area contributed by atoms with E-state index in [0.717, 1.165) is 11.1 Å². The Morgan fingerprint density at radius 2 is 2.00 bits per heavy atom. The molecule has 1 saturated heterocycles. The van der Waals surface area contributed by atoms with Crippen molar-refractivity contribution >= 4 is 17.8 Å². The molecule has 1 aliphatic heterocycles. The van der Waals surface area contributed by atoms with Gasteiger partial charge in [0.1, 0.15) is 6.04 Å². The summed E-state index contributed by atoms with van der Waals surface area (Å²) >= 11 is 0. The summed E-state index contributed by atoms with van der Waals surface area (Å²) in [6, 6.07) is 7.19. The van der Waals surface area contributed by atoms with Crippen molar-refractivity contribution in [3.8, 4) is 0 Å².